The lowest BCUT2D eigenvalue weighted by Gasteiger charge is -2.14. The second kappa shape index (κ2) is 6.88. The highest BCUT2D eigenvalue weighted by Crippen LogP contribution is 2.33. The van der Waals surface area contributed by atoms with E-state index in [1.807, 2.05) is 12.3 Å². The lowest BCUT2D eigenvalue weighted by molar-refractivity contribution is 1.04. The minimum absolute atomic E-state index is 0.731. The van der Waals surface area contributed by atoms with E-state index in [9.17, 15) is 0 Å². The molecule has 0 bridgehead atoms. The zero-order valence-corrected chi connectivity index (χ0v) is 16.2. The number of aryl methyl sites for hydroxylation is 2. The second-order valence-electron chi connectivity index (χ2n) is 7.04. The average molecular weight is 352 g/mol. The zero-order valence-electron chi connectivity index (χ0n) is 16.2. The van der Waals surface area contributed by atoms with Crippen molar-refractivity contribution >= 4 is 18.4 Å². The number of nitrogens with zero attached hydrogens (tertiary/aromatic N) is 2. The first-order chi connectivity index (χ1) is 13.1. The highest BCUT2D eigenvalue weighted by atomic mass is 15.0. The van der Waals surface area contributed by atoms with Crippen LogP contribution in [0.3, 0.4) is 0 Å². The van der Waals surface area contributed by atoms with Crippen LogP contribution < -0.4 is 0 Å². The minimum atomic E-state index is 0.731. The van der Waals surface area contributed by atoms with Crippen molar-refractivity contribution in [2.45, 2.75) is 27.3 Å². The highest BCUT2D eigenvalue weighted by molar-refractivity contribution is 5.89. The maximum absolute atomic E-state index is 4.49. The predicted molar refractivity (Wildman–Crippen MR) is 117 cm³/mol. The Hall–Kier alpha value is -3.13. The summed E-state index contributed by atoms with van der Waals surface area (Å²) in [6, 6.07) is 15.4. The van der Waals surface area contributed by atoms with Crippen molar-refractivity contribution in [2.24, 2.45) is 4.99 Å². The number of hydrogen-bond acceptors (Lipinski definition) is 1. The highest BCUT2D eigenvalue weighted by Gasteiger charge is 2.22. The van der Waals surface area contributed by atoms with E-state index in [0.29, 0.717) is 0 Å². The van der Waals surface area contributed by atoms with E-state index in [-0.39, 0.29) is 0 Å². The van der Waals surface area contributed by atoms with Gasteiger partial charge in [-0.2, -0.15) is 0 Å². The summed E-state index contributed by atoms with van der Waals surface area (Å²) in [7, 11) is 0. The molecule has 1 aliphatic rings. The van der Waals surface area contributed by atoms with Crippen molar-refractivity contribution in [2.75, 3.05) is 0 Å². The Kier molecular flexibility index (Phi) is 4.41. The molecule has 2 nitrogen and oxygen atoms in total. The molecule has 0 unspecified atom stereocenters. The topological polar surface area (TPSA) is 17.3 Å². The van der Waals surface area contributed by atoms with Crippen LogP contribution in [-0.4, -0.2) is 10.8 Å². The number of aromatic nitrogens is 1. The fraction of sp³-hybridized carbons (Fsp3) is 0.160. The minimum Gasteiger partial charge on any atom is -0.308 e. The van der Waals surface area contributed by atoms with E-state index in [1.54, 1.807) is 0 Å². The van der Waals surface area contributed by atoms with Crippen molar-refractivity contribution in [1.29, 1.82) is 0 Å². The molecule has 0 amide bonds. The van der Waals surface area contributed by atoms with Crippen LogP contribution in [0.4, 0.5) is 0 Å². The second-order valence-corrected chi connectivity index (χ2v) is 7.04. The molecule has 0 spiro atoms. The molecule has 4 rings (SSSR count). The van der Waals surface area contributed by atoms with Gasteiger partial charge in [0, 0.05) is 23.0 Å². The van der Waals surface area contributed by atoms with Crippen LogP contribution in [0.5, 0.6) is 0 Å². The SMILES string of the molecule is C=Cc1c2c(n(-c3ccc(-c4ccc(C)cc4)c(C)c3)c1/C=C\C)C=NC2. The van der Waals surface area contributed by atoms with E-state index in [4.69, 9.17) is 0 Å². The smallest absolute Gasteiger partial charge is 0.0697 e. The average Bonchev–Trinajstić information content (AvgIpc) is 3.23. The fourth-order valence-corrected chi connectivity index (χ4v) is 3.88. The summed E-state index contributed by atoms with van der Waals surface area (Å²) < 4.78 is 2.30. The number of fused-ring (bicyclic) bond motifs is 1. The Morgan fingerprint density at radius 1 is 1.07 bits per heavy atom. The normalized spacial score (nSPS) is 12.7. The monoisotopic (exact) mass is 352 g/mol. The van der Waals surface area contributed by atoms with Gasteiger partial charge in [0.1, 0.15) is 0 Å². The fourth-order valence-electron chi connectivity index (χ4n) is 3.88. The van der Waals surface area contributed by atoms with Gasteiger partial charge in [-0.15, -0.1) is 0 Å². The molecule has 0 saturated heterocycles. The van der Waals surface area contributed by atoms with Crippen LogP contribution in [0.1, 0.15) is 40.6 Å². The molecular weight excluding hydrogens is 328 g/mol. The standard InChI is InChI=1S/C25H24N2/c1-5-7-24-21(6-2)23-15-26-16-25(23)27(24)20-12-13-22(18(4)14-20)19-10-8-17(3)9-11-19/h5-14,16H,2,15H2,1,3-4H3/b7-5-. The van der Waals surface area contributed by atoms with Gasteiger partial charge in [0.2, 0.25) is 0 Å². The molecule has 0 N–H and O–H groups in total. The first-order valence-electron chi connectivity index (χ1n) is 9.34. The number of benzene rings is 2. The molecule has 27 heavy (non-hydrogen) atoms. The maximum atomic E-state index is 4.49. The molecule has 0 aliphatic carbocycles. The van der Waals surface area contributed by atoms with E-state index >= 15 is 0 Å². The summed E-state index contributed by atoms with van der Waals surface area (Å²) in [6.45, 7) is 11.1. The molecule has 0 fully saturated rings. The van der Waals surface area contributed by atoms with Crippen molar-refractivity contribution in [3.8, 4) is 16.8 Å². The van der Waals surface area contributed by atoms with E-state index in [1.165, 1.54) is 44.8 Å². The van der Waals surface area contributed by atoms with E-state index in [2.05, 4.69) is 91.5 Å². The van der Waals surface area contributed by atoms with Gasteiger partial charge in [-0.25, -0.2) is 0 Å². The Morgan fingerprint density at radius 2 is 1.85 bits per heavy atom. The molecular formula is C25H24N2. The van der Waals surface area contributed by atoms with E-state index < -0.39 is 0 Å². The third kappa shape index (κ3) is 2.87. The Morgan fingerprint density at radius 3 is 2.52 bits per heavy atom. The van der Waals surface area contributed by atoms with Crippen molar-refractivity contribution in [3.05, 3.63) is 88.8 Å². The summed E-state index contributed by atoms with van der Waals surface area (Å²) >= 11 is 0. The van der Waals surface area contributed by atoms with Crippen LogP contribution in [0.15, 0.2) is 60.1 Å². The van der Waals surface area contributed by atoms with Crippen LogP contribution in [0.25, 0.3) is 29.0 Å². The number of allylic oxidation sites excluding steroid dienone is 1. The summed E-state index contributed by atoms with van der Waals surface area (Å²) in [6.07, 6.45) is 8.18. The third-order valence-corrected chi connectivity index (χ3v) is 5.21. The van der Waals surface area contributed by atoms with Gasteiger partial charge in [0.25, 0.3) is 0 Å². The van der Waals surface area contributed by atoms with Gasteiger partial charge in [0.15, 0.2) is 0 Å². The maximum Gasteiger partial charge on any atom is 0.0697 e. The molecule has 0 radical (unpaired) electrons. The molecule has 0 saturated carbocycles. The number of aliphatic imine (C=N–C) groups is 1. The van der Waals surface area contributed by atoms with Crippen molar-refractivity contribution in [3.63, 3.8) is 0 Å². The van der Waals surface area contributed by atoms with Crippen LogP contribution in [-0.2, 0) is 6.54 Å². The summed E-state index contributed by atoms with van der Waals surface area (Å²) in [4.78, 5) is 4.49. The quantitative estimate of drug-likeness (QED) is 0.519. The Bertz CT molecular complexity index is 1080. The van der Waals surface area contributed by atoms with Crippen molar-refractivity contribution in [1.82, 2.24) is 4.57 Å². The third-order valence-electron chi connectivity index (χ3n) is 5.21. The molecule has 1 aliphatic heterocycles. The lowest BCUT2D eigenvalue weighted by atomic mass is 9.99. The summed E-state index contributed by atoms with van der Waals surface area (Å²) in [5.74, 6) is 0. The first-order valence-corrected chi connectivity index (χ1v) is 9.34. The van der Waals surface area contributed by atoms with E-state index in [0.717, 1.165) is 12.2 Å². The molecule has 134 valence electrons. The Balaban J connectivity index is 1.88. The largest absolute Gasteiger partial charge is 0.308 e. The van der Waals surface area contributed by atoms with Gasteiger partial charge >= 0.3 is 0 Å². The van der Waals surface area contributed by atoms with Gasteiger partial charge in [-0.1, -0.05) is 54.6 Å². The van der Waals surface area contributed by atoms with Gasteiger partial charge in [0.05, 0.1) is 17.9 Å². The molecule has 3 aromatic rings. The number of hydrogen-bond donors (Lipinski definition) is 0. The van der Waals surface area contributed by atoms with Gasteiger partial charge in [-0.05, 0) is 55.7 Å². The summed E-state index contributed by atoms with van der Waals surface area (Å²) in [5.41, 5.74) is 11.0. The lowest BCUT2D eigenvalue weighted by Crippen LogP contribution is -2.02. The van der Waals surface area contributed by atoms with Crippen LogP contribution in [0, 0.1) is 13.8 Å². The van der Waals surface area contributed by atoms with Crippen LogP contribution >= 0.6 is 0 Å². The molecule has 2 heteroatoms. The number of rotatable bonds is 4. The first kappa shape index (κ1) is 17.3. The summed E-state index contributed by atoms with van der Waals surface area (Å²) in [5, 5.41) is 0. The predicted octanol–water partition coefficient (Wildman–Crippen LogP) is 6.37. The molecule has 2 heterocycles. The van der Waals surface area contributed by atoms with Gasteiger partial charge in [-0.3, -0.25) is 4.99 Å². The molecule has 2 aromatic carbocycles. The van der Waals surface area contributed by atoms with Crippen molar-refractivity contribution < 1.29 is 0 Å². The zero-order chi connectivity index (χ0) is 19.0. The Labute approximate surface area is 161 Å². The molecule has 1 aromatic heterocycles. The molecule has 0 atom stereocenters. The van der Waals surface area contributed by atoms with Crippen LogP contribution in [0.2, 0.25) is 0 Å². The van der Waals surface area contributed by atoms with Gasteiger partial charge < -0.3 is 4.57 Å².